The Kier molecular flexibility index (Phi) is 6.50. The third kappa shape index (κ3) is 3.97. The zero-order chi connectivity index (χ0) is 13.8. The number of benzene rings is 1. The number of halogens is 1. The molecule has 20 heavy (non-hydrogen) atoms. The first-order valence-corrected chi connectivity index (χ1v) is 7.20. The van der Waals surface area contributed by atoms with Gasteiger partial charge in [-0.15, -0.1) is 12.4 Å². The van der Waals surface area contributed by atoms with E-state index in [1.54, 1.807) is 0 Å². The molecule has 0 fully saturated rings. The number of likely N-dealkylation sites (N-methyl/N-ethyl adjacent to an activating group) is 1. The first-order chi connectivity index (χ1) is 9.11. The van der Waals surface area contributed by atoms with Crippen LogP contribution in [0.4, 0.5) is 0 Å². The van der Waals surface area contributed by atoms with Crippen LogP contribution in [0.15, 0.2) is 24.3 Å². The maximum Gasteiger partial charge on any atom is 0.240 e. The zero-order valence-electron chi connectivity index (χ0n) is 12.6. The van der Waals surface area contributed by atoms with Crippen molar-refractivity contribution in [3.63, 3.8) is 0 Å². The van der Waals surface area contributed by atoms with Crippen molar-refractivity contribution in [1.82, 2.24) is 10.2 Å². The molecule has 0 saturated heterocycles. The number of hydrogen-bond donors (Lipinski definition) is 1. The van der Waals surface area contributed by atoms with Gasteiger partial charge in [0.05, 0.1) is 6.04 Å². The Hall–Kier alpha value is -1.06. The third-order valence-corrected chi connectivity index (χ3v) is 3.66. The molecule has 1 atom stereocenters. The first-order valence-electron chi connectivity index (χ1n) is 7.20. The summed E-state index contributed by atoms with van der Waals surface area (Å²) < 4.78 is 0. The van der Waals surface area contributed by atoms with Gasteiger partial charge < -0.3 is 10.2 Å². The summed E-state index contributed by atoms with van der Waals surface area (Å²) in [6.07, 6.45) is 0.809. The van der Waals surface area contributed by atoms with Crippen LogP contribution in [-0.4, -0.2) is 29.9 Å². The monoisotopic (exact) mass is 296 g/mol. The summed E-state index contributed by atoms with van der Waals surface area (Å²) in [4.78, 5) is 14.5. The van der Waals surface area contributed by atoms with Gasteiger partial charge in [0.2, 0.25) is 5.91 Å². The highest BCUT2D eigenvalue weighted by Crippen LogP contribution is 2.17. The first kappa shape index (κ1) is 17.0. The fourth-order valence-corrected chi connectivity index (χ4v) is 2.67. The van der Waals surface area contributed by atoms with Crippen LogP contribution in [0.1, 0.15) is 31.9 Å². The fourth-order valence-electron chi connectivity index (χ4n) is 2.67. The molecule has 1 heterocycles. The second kappa shape index (κ2) is 7.65. The Morgan fingerprint density at radius 2 is 2.00 bits per heavy atom. The zero-order valence-corrected chi connectivity index (χ0v) is 13.4. The van der Waals surface area contributed by atoms with E-state index in [-0.39, 0.29) is 24.4 Å². The predicted molar refractivity (Wildman–Crippen MR) is 85.1 cm³/mol. The summed E-state index contributed by atoms with van der Waals surface area (Å²) in [5.74, 6) is 0.755. The van der Waals surface area contributed by atoms with E-state index in [4.69, 9.17) is 0 Å². The van der Waals surface area contributed by atoms with Crippen molar-refractivity contribution < 1.29 is 4.79 Å². The smallest absolute Gasteiger partial charge is 0.240 e. The Morgan fingerprint density at radius 3 is 2.60 bits per heavy atom. The lowest BCUT2D eigenvalue weighted by molar-refractivity contribution is -0.134. The molecule has 1 aromatic carbocycles. The van der Waals surface area contributed by atoms with Crippen molar-refractivity contribution >= 4 is 18.3 Å². The Balaban J connectivity index is 0.00000200. The highest BCUT2D eigenvalue weighted by atomic mass is 35.5. The second-order valence-electron chi connectivity index (χ2n) is 5.68. The summed E-state index contributed by atoms with van der Waals surface area (Å²) in [6.45, 7) is 8.79. The van der Waals surface area contributed by atoms with Gasteiger partial charge in [0.25, 0.3) is 0 Å². The minimum Gasteiger partial charge on any atom is -0.341 e. The number of carbonyl (C=O) groups excluding carboxylic acids is 1. The van der Waals surface area contributed by atoms with Crippen molar-refractivity contribution in [3.05, 3.63) is 35.4 Å². The van der Waals surface area contributed by atoms with E-state index < -0.39 is 0 Å². The summed E-state index contributed by atoms with van der Waals surface area (Å²) in [5, 5.41) is 3.37. The maximum atomic E-state index is 12.5. The van der Waals surface area contributed by atoms with Crippen LogP contribution in [0.3, 0.4) is 0 Å². The molecule has 1 aliphatic rings. The van der Waals surface area contributed by atoms with E-state index in [0.717, 1.165) is 26.1 Å². The average molecular weight is 297 g/mol. The summed E-state index contributed by atoms with van der Waals surface area (Å²) >= 11 is 0. The van der Waals surface area contributed by atoms with Crippen molar-refractivity contribution in [3.8, 4) is 0 Å². The molecule has 1 aliphatic heterocycles. The van der Waals surface area contributed by atoms with Gasteiger partial charge in [0.1, 0.15) is 0 Å². The van der Waals surface area contributed by atoms with Gasteiger partial charge in [-0.3, -0.25) is 4.79 Å². The number of nitrogens with one attached hydrogen (secondary N) is 1. The number of nitrogens with zero attached hydrogens (tertiary/aromatic N) is 1. The predicted octanol–water partition coefficient (Wildman–Crippen LogP) is 2.63. The number of amides is 1. The van der Waals surface area contributed by atoms with Crippen LogP contribution in [0.5, 0.6) is 0 Å². The number of rotatable bonds is 4. The molecule has 0 bridgehead atoms. The van der Waals surface area contributed by atoms with Crippen LogP contribution < -0.4 is 5.32 Å². The third-order valence-electron chi connectivity index (χ3n) is 3.66. The topological polar surface area (TPSA) is 32.3 Å². The largest absolute Gasteiger partial charge is 0.341 e. The van der Waals surface area contributed by atoms with Gasteiger partial charge in [-0.1, -0.05) is 38.1 Å². The molecule has 1 N–H and O–H groups in total. The highest BCUT2D eigenvalue weighted by Gasteiger charge is 2.27. The van der Waals surface area contributed by atoms with Gasteiger partial charge in [-0.2, -0.15) is 0 Å². The minimum atomic E-state index is -0.0615. The lowest BCUT2D eigenvalue weighted by Crippen LogP contribution is -2.50. The molecule has 3 nitrogen and oxygen atoms in total. The summed E-state index contributed by atoms with van der Waals surface area (Å²) in [6, 6.07) is 8.31. The number of fused-ring (bicyclic) bond motifs is 1. The van der Waals surface area contributed by atoms with Crippen molar-refractivity contribution in [2.24, 2.45) is 5.92 Å². The van der Waals surface area contributed by atoms with Crippen LogP contribution in [-0.2, 0) is 17.8 Å². The summed E-state index contributed by atoms with van der Waals surface area (Å²) in [7, 11) is 0. The maximum absolute atomic E-state index is 12.5. The standard InChI is InChI=1S/C16H24N2O.ClH/c1-4-18(11-12(2)3)16(19)15-9-13-7-5-6-8-14(13)10-17-15;/h5-8,12,15,17H,4,9-11H2,1-3H3;1H. The fraction of sp³-hybridized carbons (Fsp3) is 0.562. The highest BCUT2D eigenvalue weighted by molar-refractivity contribution is 5.85. The lowest BCUT2D eigenvalue weighted by atomic mass is 9.95. The van der Waals surface area contributed by atoms with Gasteiger partial charge in [0, 0.05) is 19.6 Å². The van der Waals surface area contributed by atoms with E-state index in [0.29, 0.717) is 5.92 Å². The van der Waals surface area contributed by atoms with E-state index >= 15 is 0 Å². The molecule has 0 saturated carbocycles. The molecule has 2 rings (SSSR count). The molecular formula is C16H25ClN2O. The lowest BCUT2D eigenvalue weighted by Gasteiger charge is -2.31. The number of hydrogen-bond acceptors (Lipinski definition) is 2. The quantitative estimate of drug-likeness (QED) is 0.926. The van der Waals surface area contributed by atoms with E-state index in [2.05, 4.69) is 50.4 Å². The van der Waals surface area contributed by atoms with Gasteiger partial charge in [-0.05, 0) is 30.4 Å². The van der Waals surface area contributed by atoms with E-state index in [1.807, 2.05) is 4.90 Å². The van der Waals surface area contributed by atoms with E-state index in [1.165, 1.54) is 11.1 Å². The molecule has 1 unspecified atom stereocenters. The number of carbonyl (C=O) groups is 1. The van der Waals surface area contributed by atoms with Gasteiger partial charge in [0.15, 0.2) is 0 Å². The molecule has 112 valence electrons. The summed E-state index contributed by atoms with van der Waals surface area (Å²) in [5.41, 5.74) is 2.62. The van der Waals surface area contributed by atoms with Crippen LogP contribution in [0.25, 0.3) is 0 Å². The van der Waals surface area contributed by atoms with Crippen LogP contribution in [0, 0.1) is 5.92 Å². The van der Waals surface area contributed by atoms with Crippen molar-refractivity contribution in [1.29, 1.82) is 0 Å². The molecule has 1 amide bonds. The van der Waals surface area contributed by atoms with Gasteiger partial charge >= 0.3 is 0 Å². The molecule has 0 aromatic heterocycles. The normalized spacial score (nSPS) is 17.3. The SMILES string of the molecule is CCN(CC(C)C)C(=O)C1Cc2ccccc2CN1.Cl. The van der Waals surface area contributed by atoms with Crippen LogP contribution >= 0.6 is 12.4 Å². The molecule has 0 aliphatic carbocycles. The minimum absolute atomic E-state index is 0. The van der Waals surface area contributed by atoms with E-state index in [9.17, 15) is 4.79 Å². The molecule has 4 heteroatoms. The Bertz CT molecular complexity index is 448. The second-order valence-corrected chi connectivity index (χ2v) is 5.68. The molecule has 0 radical (unpaired) electrons. The Labute approximate surface area is 128 Å². The van der Waals surface area contributed by atoms with Crippen LogP contribution in [0.2, 0.25) is 0 Å². The average Bonchev–Trinajstić information content (AvgIpc) is 2.43. The van der Waals surface area contributed by atoms with Crippen molar-refractivity contribution in [2.75, 3.05) is 13.1 Å². The Morgan fingerprint density at radius 1 is 1.35 bits per heavy atom. The van der Waals surface area contributed by atoms with Gasteiger partial charge in [-0.25, -0.2) is 0 Å². The van der Waals surface area contributed by atoms with Crippen molar-refractivity contribution in [2.45, 2.75) is 39.8 Å². The molecule has 0 spiro atoms. The molecule has 1 aromatic rings. The molecular weight excluding hydrogens is 272 g/mol.